The first-order valence-electron chi connectivity index (χ1n) is 9.14. The van der Waals surface area contributed by atoms with Gasteiger partial charge in [0.25, 0.3) is 11.8 Å². The van der Waals surface area contributed by atoms with E-state index in [1.165, 1.54) is 4.90 Å². The number of benzene rings is 1. The number of rotatable bonds is 5. The summed E-state index contributed by atoms with van der Waals surface area (Å²) in [5.41, 5.74) is 10.8. The lowest BCUT2D eigenvalue weighted by atomic mass is 10.1. The van der Waals surface area contributed by atoms with Crippen molar-refractivity contribution in [3.63, 3.8) is 0 Å². The van der Waals surface area contributed by atoms with Crippen LogP contribution in [0.3, 0.4) is 0 Å². The number of amides is 3. The normalized spacial score (nSPS) is 12.9. The van der Waals surface area contributed by atoms with E-state index in [-0.39, 0.29) is 28.7 Å². The second kappa shape index (κ2) is 8.19. The molecule has 2 aromatic rings. The molecule has 11 heteroatoms. The monoisotopic (exact) mass is 433 g/mol. The van der Waals surface area contributed by atoms with Gasteiger partial charge in [-0.25, -0.2) is 0 Å². The summed E-state index contributed by atoms with van der Waals surface area (Å²) in [7, 11) is 0. The molecule has 0 unspecified atom stereocenters. The zero-order chi connectivity index (χ0) is 22.1. The summed E-state index contributed by atoms with van der Waals surface area (Å²) in [5.74, 6) is -0.783. The number of hydrogen-bond acceptors (Lipinski definition) is 8. The Morgan fingerprint density at radius 3 is 2.47 bits per heavy atom. The van der Waals surface area contributed by atoms with Gasteiger partial charge in [-0.1, -0.05) is 0 Å². The van der Waals surface area contributed by atoms with E-state index in [1.807, 2.05) is 20.8 Å². The molecule has 5 N–H and O–H groups in total. The van der Waals surface area contributed by atoms with Gasteiger partial charge in [-0.05, 0) is 44.4 Å². The molecular formula is C19H23N5O5S. The van der Waals surface area contributed by atoms with Gasteiger partial charge < -0.3 is 26.3 Å². The van der Waals surface area contributed by atoms with Crippen molar-refractivity contribution in [2.75, 3.05) is 30.4 Å². The van der Waals surface area contributed by atoms with Crippen LogP contribution in [0.15, 0.2) is 18.2 Å². The molecule has 1 aromatic heterocycles. The van der Waals surface area contributed by atoms with Gasteiger partial charge in [0.05, 0.1) is 5.69 Å². The van der Waals surface area contributed by atoms with Crippen LogP contribution in [-0.2, 0) is 4.79 Å². The Bertz CT molecular complexity index is 998. The van der Waals surface area contributed by atoms with Crippen LogP contribution < -0.4 is 31.2 Å². The van der Waals surface area contributed by atoms with Crippen LogP contribution in [-0.4, -0.2) is 47.4 Å². The second-order valence-corrected chi connectivity index (χ2v) is 8.43. The fraction of sp³-hybridized carbons (Fsp3) is 0.368. The van der Waals surface area contributed by atoms with E-state index >= 15 is 0 Å². The topological polar surface area (TPSA) is 150 Å². The van der Waals surface area contributed by atoms with Gasteiger partial charge in [0.15, 0.2) is 17.2 Å². The van der Waals surface area contributed by atoms with Crippen molar-refractivity contribution in [3.8, 4) is 11.5 Å². The third-order valence-electron chi connectivity index (χ3n) is 4.05. The molecule has 1 aliphatic rings. The van der Waals surface area contributed by atoms with Crippen LogP contribution in [0.4, 0.5) is 11.4 Å². The lowest BCUT2D eigenvalue weighted by Crippen LogP contribution is -2.47. The number of primary amides is 1. The van der Waals surface area contributed by atoms with Crippen molar-refractivity contribution in [2.24, 2.45) is 5.73 Å². The Kier molecular flexibility index (Phi) is 5.83. The zero-order valence-corrected chi connectivity index (χ0v) is 17.7. The summed E-state index contributed by atoms with van der Waals surface area (Å²) in [6.07, 6.45) is 0. The number of nitrogens with two attached hydrogens (primary N) is 2. The summed E-state index contributed by atoms with van der Waals surface area (Å²) in [6, 6.07) is 4.92. The maximum atomic E-state index is 13.3. The minimum atomic E-state index is -0.834. The van der Waals surface area contributed by atoms with Gasteiger partial charge in [-0.3, -0.25) is 19.3 Å². The van der Waals surface area contributed by atoms with Gasteiger partial charge in [-0.15, -0.1) is 0 Å². The molecule has 1 aromatic carbocycles. The Hall–Kier alpha value is -3.34. The number of nitrogens with one attached hydrogen (secondary N) is 1. The number of hydrogen-bond donors (Lipinski definition) is 3. The standard InChI is InChI=1S/C19H23N5O5S/c1-19(2,3)22-13(25)9-24(10-4-5-11-12(8-10)29-7-6-28-11)18(27)16-14(20)15(17(21)26)23-30-16/h4-5,8H,6-7,9,20H2,1-3H3,(H2,21,26)(H,22,25). The highest BCUT2D eigenvalue weighted by Gasteiger charge is 2.29. The molecule has 0 fully saturated rings. The van der Waals surface area contributed by atoms with Crippen molar-refractivity contribution < 1.29 is 23.9 Å². The van der Waals surface area contributed by atoms with Gasteiger partial charge in [-0.2, -0.15) is 4.37 Å². The number of aromatic nitrogens is 1. The first-order valence-corrected chi connectivity index (χ1v) is 9.91. The number of nitrogens with zero attached hydrogens (tertiary/aromatic N) is 2. The molecule has 160 valence electrons. The zero-order valence-electron chi connectivity index (χ0n) is 16.9. The highest BCUT2D eigenvalue weighted by molar-refractivity contribution is 7.09. The molecule has 10 nitrogen and oxygen atoms in total. The van der Waals surface area contributed by atoms with E-state index in [9.17, 15) is 14.4 Å². The van der Waals surface area contributed by atoms with Gasteiger partial charge in [0.1, 0.15) is 24.6 Å². The van der Waals surface area contributed by atoms with Crippen LogP contribution in [0.5, 0.6) is 11.5 Å². The Morgan fingerprint density at radius 1 is 1.20 bits per heavy atom. The molecule has 3 amide bonds. The molecule has 2 heterocycles. The average Bonchev–Trinajstić information content (AvgIpc) is 3.05. The van der Waals surface area contributed by atoms with E-state index in [2.05, 4.69) is 9.69 Å². The Labute approximate surface area is 177 Å². The smallest absolute Gasteiger partial charge is 0.272 e. The molecule has 0 aliphatic carbocycles. The van der Waals surface area contributed by atoms with Crippen molar-refractivity contribution in [1.29, 1.82) is 0 Å². The van der Waals surface area contributed by atoms with Gasteiger partial charge >= 0.3 is 0 Å². The minimum Gasteiger partial charge on any atom is -0.486 e. The maximum Gasteiger partial charge on any atom is 0.272 e. The van der Waals surface area contributed by atoms with E-state index in [4.69, 9.17) is 20.9 Å². The minimum absolute atomic E-state index is 0.0160. The quantitative estimate of drug-likeness (QED) is 0.640. The van der Waals surface area contributed by atoms with Crippen LogP contribution >= 0.6 is 11.5 Å². The van der Waals surface area contributed by atoms with Crippen molar-refractivity contribution in [1.82, 2.24) is 9.69 Å². The average molecular weight is 433 g/mol. The number of nitrogen functional groups attached to an aromatic ring is 1. The number of carbonyl (C=O) groups excluding carboxylic acids is 3. The molecule has 0 spiro atoms. The van der Waals surface area contributed by atoms with E-state index < -0.39 is 17.4 Å². The highest BCUT2D eigenvalue weighted by Crippen LogP contribution is 2.35. The van der Waals surface area contributed by atoms with Crippen molar-refractivity contribution in [2.45, 2.75) is 26.3 Å². The number of fused-ring (bicyclic) bond motifs is 1. The molecule has 1 aliphatic heterocycles. The van der Waals surface area contributed by atoms with Crippen molar-refractivity contribution >= 4 is 40.6 Å². The van der Waals surface area contributed by atoms with E-state index in [0.29, 0.717) is 30.4 Å². The molecule has 0 bridgehead atoms. The van der Waals surface area contributed by atoms with Crippen LogP contribution in [0.25, 0.3) is 0 Å². The molecule has 0 atom stereocenters. The Balaban J connectivity index is 1.98. The van der Waals surface area contributed by atoms with Gasteiger partial charge in [0, 0.05) is 17.3 Å². The highest BCUT2D eigenvalue weighted by atomic mass is 32.1. The first kappa shape index (κ1) is 21.4. The number of carbonyl (C=O) groups is 3. The third kappa shape index (κ3) is 4.62. The SMILES string of the molecule is CC(C)(C)NC(=O)CN(C(=O)c1snc(C(N)=O)c1N)c1ccc2c(c1)OCCO2. The van der Waals surface area contributed by atoms with Gasteiger partial charge in [0.2, 0.25) is 5.91 Å². The third-order valence-corrected chi connectivity index (χ3v) is 4.91. The largest absolute Gasteiger partial charge is 0.486 e. The summed E-state index contributed by atoms with van der Waals surface area (Å²) in [4.78, 5) is 38.6. The predicted molar refractivity (Wildman–Crippen MR) is 112 cm³/mol. The molecule has 0 radical (unpaired) electrons. The fourth-order valence-electron chi connectivity index (χ4n) is 2.83. The first-order chi connectivity index (χ1) is 14.1. The van der Waals surface area contributed by atoms with Crippen LogP contribution in [0.2, 0.25) is 0 Å². The summed E-state index contributed by atoms with van der Waals surface area (Å²) < 4.78 is 15.0. The second-order valence-electron chi connectivity index (χ2n) is 7.66. The van der Waals surface area contributed by atoms with E-state index in [0.717, 1.165) is 11.5 Å². The predicted octanol–water partition coefficient (Wildman–Crippen LogP) is 1.16. The molecule has 3 rings (SSSR count). The molecule has 0 saturated carbocycles. The lowest BCUT2D eigenvalue weighted by molar-refractivity contribution is -0.121. The lowest BCUT2D eigenvalue weighted by Gasteiger charge is -2.27. The number of anilines is 2. The Morgan fingerprint density at radius 2 is 1.87 bits per heavy atom. The molecule has 0 saturated heterocycles. The summed E-state index contributed by atoms with van der Waals surface area (Å²) in [5, 5.41) is 2.82. The van der Waals surface area contributed by atoms with Crippen LogP contribution in [0, 0.1) is 0 Å². The van der Waals surface area contributed by atoms with Crippen molar-refractivity contribution in [3.05, 3.63) is 28.8 Å². The molecule has 30 heavy (non-hydrogen) atoms. The summed E-state index contributed by atoms with van der Waals surface area (Å²) >= 11 is 0.750. The van der Waals surface area contributed by atoms with E-state index in [1.54, 1.807) is 18.2 Å². The summed E-state index contributed by atoms with van der Waals surface area (Å²) in [6.45, 7) is 6.03. The fourth-order valence-corrected chi connectivity index (χ4v) is 3.59. The maximum absolute atomic E-state index is 13.3. The molecular weight excluding hydrogens is 410 g/mol. The van der Waals surface area contributed by atoms with Crippen LogP contribution in [0.1, 0.15) is 40.9 Å². The number of ether oxygens (including phenoxy) is 2.